The van der Waals surface area contributed by atoms with E-state index in [1.807, 2.05) is 41.3 Å². The van der Waals surface area contributed by atoms with Gasteiger partial charge in [0.2, 0.25) is 0 Å². The Balaban J connectivity index is 1.32. The van der Waals surface area contributed by atoms with Crippen molar-refractivity contribution in [1.29, 1.82) is 0 Å². The van der Waals surface area contributed by atoms with E-state index < -0.39 is 0 Å². The van der Waals surface area contributed by atoms with Crippen molar-refractivity contribution in [3.63, 3.8) is 0 Å². The maximum absolute atomic E-state index is 12.5. The van der Waals surface area contributed by atoms with Gasteiger partial charge in [-0.2, -0.15) is 0 Å². The van der Waals surface area contributed by atoms with Crippen LogP contribution >= 0.6 is 0 Å². The van der Waals surface area contributed by atoms with Crippen LogP contribution in [0.1, 0.15) is 35.7 Å². The molecule has 0 radical (unpaired) electrons. The quantitative estimate of drug-likeness (QED) is 0.658. The van der Waals surface area contributed by atoms with Crippen molar-refractivity contribution in [3.8, 4) is 0 Å². The molecular formula is C22H26N6O2. The van der Waals surface area contributed by atoms with E-state index >= 15 is 0 Å². The van der Waals surface area contributed by atoms with Gasteiger partial charge in [0.05, 0.1) is 12.1 Å². The second-order valence-electron chi connectivity index (χ2n) is 7.45. The zero-order valence-corrected chi connectivity index (χ0v) is 17.1. The minimum absolute atomic E-state index is 0.0502. The largest absolute Gasteiger partial charge is 0.339 e. The third kappa shape index (κ3) is 4.42. The number of urea groups is 1. The number of rotatable bonds is 6. The number of nitrogens with one attached hydrogen (secondary N) is 2. The first-order chi connectivity index (χ1) is 14.6. The van der Waals surface area contributed by atoms with Crippen LogP contribution in [0.3, 0.4) is 0 Å². The molecule has 2 N–H and O–H groups in total. The number of carbonyl (C=O) groups is 2. The van der Waals surface area contributed by atoms with Crippen LogP contribution in [0.4, 0.5) is 10.5 Å². The van der Waals surface area contributed by atoms with Crippen molar-refractivity contribution in [3.05, 3.63) is 53.6 Å². The minimum atomic E-state index is -0.262. The molecule has 8 heteroatoms. The maximum Gasteiger partial charge on any atom is 0.319 e. The molecule has 3 amide bonds. The Hall–Kier alpha value is -3.42. The fourth-order valence-electron chi connectivity index (χ4n) is 3.65. The third-order valence-electron chi connectivity index (χ3n) is 5.38. The van der Waals surface area contributed by atoms with Crippen molar-refractivity contribution in [2.24, 2.45) is 0 Å². The molecule has 2 aromatic carbocycles. The highest BCUT2D eigenvalue weighted by molar-refractivity contribution is 5.97. The van der Waals surface area contributed by atoms with Gasteiger partial charge in [-0.3, -0.25) is 4.79 Å². The lowest BCUT2D eigenvalue weighted by Crippen LogP contribution is -2.31. The van der Waals surface area contributed by atoms with Gasteiger partial charge in [0, 0.05) is 30.9 Å². The molecule has 0 unspecified atom stereocenters. The molecule has 156 valence electrons. The van der Waals surface area contributed by atoms with Crippen LogP contribution < -0.4 is 10.6 Å². The number of aromatic nitrogens is 3. The number of nitrogens with zero attached hydrogens (tertiary/aromatic N) is 4. The Morgan fingerprint density at radius 2 is 1.83 bits per heavy atom. The Morgan fingerprint density at radius 1 is 1.07 bits per heavy atom. The number of likely N-dealkylation sites (tertiary alicyclic amines) is 1. The van der Waals surface area contributed by atoms with Crippen molar-refractivity contribution >= 4 is 28.7 Å². The second-order valence-corrected chi connectivity index (χ2v) is 7.45. The van der Waals surface area contributed by atoms with Crippen molar-refractivity contribution in [2.45, 2.75) is 32.7 Å². The third-order valence-corrected chi connectivity index (χ3v) is 5.38. The molecule has 1 aliphatic rings. The minimum Gasteiger partial charge on any atom is -0.339 e. The standard InChI is InChI=1S/C22H26N6O2/c1-2-16-5-8-18(9-6-16)24-22(30)23-11-14-28-20-10-7-17(15-19(20)25-26-28)21(29)27-12-3-4-13-27/h5-10,15H,2-4,11-14H2,1H3,(H2,23,24,30). The molecule has 4 rings (SSSR count). The van der Waals surface area contributed by atoms with E-state index in [2.05, 4.69) is 27.9 Å². The van der Waals surface area contributed by atoms with Gasteiger partial charge < -0.3 is 15.5 Å². The summed E-state index contributed by atoms with van der Waals surface area (Å²) in [7, 11) is 0. The van der Waals surface area contributed by atoms with Crippen LogP contribution in [-0.4, -0.2) is 51.5 Å². The van der Waals surface area contributed by atoms with E-state index in [0.717, 1.165) is 43.6 Å². The van der Waals surface area contributed by atoms with Crippen molar-refractivity contribution in [1.82, 2.24) is 25.2 Å². The average Bonchev–Trinajstić information content (AvgIpc) is 3.44. The number of anilines is 1. The summed E-state index contributed by atoms with van der Waals surface area (Å²) in [6.45, 7) is 4.62. The molecule has 1 aliphatic heterocycles. The van der Waals surface area contributed by atoms with Gasteiger partial charge in [0.15, 0.2) is 0 Å². The molecule has 30 heavy (non-hydrogen) atoms. The summed E-state index contributed by atoms with van der Waals surface area (Å²) >= 11 is 0. The normalized spacial score (nSPS) is 13.6. The van der Waals surface area contributed by atoms with E-state index in [9.17, 15) is 9.59 Å². The maximum atomic E-state index is 12.5. The predicted molar refractivity (Wildman–Crippen MR) is 116 cm³/mol. The molecule has 0 atom stereocenters. The molecule has 3 aromatic rings. The van der Waals surface area contributed by atoms with Crippen LogP contribution in [0.2, 0.25) is 0 Å². The van der Waals surface area contributed by atoms with Gasteiger partial charge in [-0.1, -0.05) is 24.3 Å². The highest BCUT2D eigenvalue weighted by Crippen LogP contribution is 2.17. The number of hydrogen-bond acceptors (Lipinski definition) is 4. The van der Waals surface area contributed by atoms with E-state index in [0.29, 0.717) is 24.2 Å². The summed E-state index contributed by atoms with van der Waals surface area (Å²) < 4.78 is 1.73. The lowest BCUT2D eigenvalue weighted by Gasteiger charge is -2.14. The lowest BCUT2D eigenvalue weighted by atomic mass is 10.1. The summed E-state index contributed by atoms with van der Waals surface area (Å²) in [6.07, 6.45) is 3.09. The predicted octanol–water partition coefficient (Wildman–Crippen LogP) is 3.05. The first-order valence-corrected chi connectivity index (χ1v) is 10.4. The summed E-state index contributed by atoms with van der Waals surface area (Å²) in [4.78, 5) is 26.5. The number of benzene rings is 2. The van der Waals surface area contributed by atoms with Crippen LogP contribution in [-0.2, 0) is 13.0 Å². The number of carbonyl (C=O) groups excluding carboxylic acids is 2. The first-order valence-electron chi connectivity index (χ1n) is 10.4. The molecule has 2 heterocycles. The summed E-state index contributed by atoms with van der Waals surface area (Å²) in [5.74, 6) is 0.0502. The molecule has 0 saturated carbocycles. The Morgan fingerprint density at radius 3 is 2.57 bits per heavy atom. The van der Waals surface area contributed by atoms with E-state index in [4.69, 9.17) is 0 Å². The second kappa shape index (κ2) is 8.94. The molecule has 1 fully saturated rings. The monoisotopic (exact) mass is 406 g/mol. The summed E-state index contributed by atoms with van der Waals surface area (Å²) in [5.41, 5.74) is 4.14. The van der Waals surface area contributed by atoms with Crippen molar-refractivity contribution < 1.29 is 9.59 Å². The fourth-order valence-corrected chi connectivity index (χ4v) is 3.65. The molecule has 1 saturated heterocycles. The van der Waals surface area contributed by atoms with E-state index in [-0.39, 0.29) is 11.9 Å². The topological polar surface area (TPSA) is 92.1 Å². The first kappa shape index (κ1) is 19.9. The van der Waals surface area contributed by atoms with Gasteiger partial charge in [0.1, 0.15) is 5.52 Å². The molecular weight excluding hydrogens is 380 g/mol. The van der Waals surface area contributed by atoms with Gasteiger partial charge in [-0.05, 0) is 55.2 Å². The summed E-state index contributed by atoms with van der Waals surface area (Å²) in [6, 6.07) is 13.0. The molecule has 0 spiro atoms. The van der Waals surface area contributed by atoms with E-state index in [1.165, 1.54) is 5.56 Å². The SMILES string of the molecule is CCc1ccc(NC(=O)NCCn2nnc3cc(C(=O)N4CCCC4)ccc32)cc1. The smallest absolute Gasteiger partial charge is 0.319 e. The number of aryl methyl sites for hydroxylation is 1. The van der Waals surface area contributed by atoms with E-state index in [1.54, 1.807) is 10.7 Å². The van der Waals surface area contributed by atoms with Gasteiger partial charge in [0.25, 0.3) is 5.91 Å². The van der Waals surface area contributed by atoms with Crippen LogP contribution in [0.15, 0.2) is 42.5 Å². The van der Waals surface area contributed by atoms with Crippen LogP contribution in [0, 0.1) is 0 Å². The van der Waals surface area contributed by atoms with Crippen molar-refractivity contribution in [2.75, 3.05) is 25.0 Å². The van der Waals surface area contributed by atoms with Gasteiger partial charge in [-0.25, -0.2) is 9.48 Å². The highest BCUT2D eigenvalue weighted by Gasteiger charge is 2.20. The lowest BCUT2D eigenvalue weighted by molar-refractivity contribution is 0.0793. The highest BCUT2D eigenvalue weighted by atomic mass is 16.2. The molecule has 0 bridgehead atoms. The van der Waals surface area contributed by atoms with Crippen LogP contribution in [0.25, 0.3) is 11.0 Å². The Labute approximate surface area is 175 Å². The number of hydrogen-bond donors (Lipinski definition) is 2. The van der Waals surface area contributed by atoms with Crippen LogP contribution in [0.5, 0.6) is 0 Å². The zero-order valence-electron chi connectivity index (χ0n) is 17.1. The molecule has 0 aliphatic carbocycles. The molecule has 1 aromatic heterocycles. The number of amides is 3. The Bertz CT molecular complexity index is 1040. The fraction of sp³-hybridized carbons (Fsp3) is 0.364. The zero-order chi connectivity index (χ0) is 20.9. The molecule has 8 nitrogen and oxygen atoms in total. The Kier molecular flexibility index (Phi) is 5.92. The summed E-state index contributed by atoms with van der Waals surface area (Å²) in [5, 5.41) is 14.0. The average molecular weight is 406 g/mol. The van der Waals surface area contributed by atoms with Gasteiger partial charge in [-0.15, -0.1) is 5.10 Å². The van der Waals surface area contributed by atoms with Gasteiger partial charge >= 0.3 is 6.03 Å². The number of fused-ring (bicyclic) bond motifs is 1.